The molecule has 32 heavy (non-hydrogen) atoms. The summed E-state index contributed by atoms with van der Waals surface area (Å²) in [5.74, 6) is 0.144. The molecule has 0 spiro atoms. The molecule has 0 unspecified atom stereocenters. The summed E-state index contributed by atoms with van der Waals surface area (Å²) in [6, 6.07) is 8.67. The number of rotatable bonds is 8. The second-order valence-corrected chi connectivity index (χ2v) is 9.90. The number of carbonyl (C=O) groups is 2. The number of aliphatic hydroxyl groups excluding tert-OH is 1. The highest BCUT2D eigenvalue weighted by Crippen LogP contribution is 2.43. The minimum atomic E-state index is -0.700. The van der Waals surface area contributed by atoms with Gasteiger partial charge in [-0.1, -0.05) is 12.1 Å². The van der Waals surface area contributed by atoms with Gasteiger partial charge in [-0.15, -0.1) is 0 Å². The first-order chi connectivity index (χ1) is 15.4. The molecule has 2 bridgehead atoms. The fourth-order valence-corrected chi connectivity index (χ4v) is 6.13. The highest BCUT2D eigenvalue weighted by atomic mass is 19.1. The van der Waals surface area contributed by atoms with Crippen LogP contribution in [0.1, 0.15) is 73.2 Å². The van der Waals surface area contributed by atoms with Gasteiger partial charge in [0.05, 0.1) is 0 Å². The molecule has 3 fully saturated rings. The number of nitrogens with zero attached hydrogens (tertiary/aromatic N) is 2. The van der Waals surface area contributed by atoms with Gasteiger partial charge < -0.3 is 15.7 Å². The third kappa shape index (κ3) is 5.31. The molecule has 0 radical (unpaired) electrons. The maximum Gasteiger partial charge on any atom is 0.248 e. The Morgan fingerprint density at radius 3 is 2.41 bits per heavy atom. The zero-order valence-electron chi connectivity index (χ0n) is 18.8. The number of hydrogen-bond donors (Lipinski definition) is 2. The smallest absolute Gasteiger partial charge is 0.248 e. The van der Waals surface area contributed by atoms with Crippen LogP contribution in [0.4, 0.5) is 4.39 Å². The second kappa shape index (κ2) is 10.3. The van der Waals surface area contributed by atoms with Crippen molar-refractivity contribution in [3.63, 3.8) is 0 Å². The molecule has 3 N–H and O–H groups in total. The topological polar surface area (TPSA) is 86.9 Å². The molecule has 2 amide bonds. The average Bonchev–Trinajstić information content (AvgIpc) is 3.03. The monoisotopic (exact) mass is 445 g/mol. The highest BCUT2D eigenvalue weighted by molar-refractivity contribution is 5.92. The van der Waals surface area contributed by atoms with Gasteiger partial charge in [0.1, 0.15) is 12.8 Å². The quantitative estimate of drug-likeness (QED) is 0.644. The zero-order chi connectivity index (χ0) is 22.7. The SMILES string of the molecule is NC(=O)c1cccc([C@H]2C[C@H]3CC[C@@H](C2)N3CCN(CC2CCC(F)CC2)C(=O)CO)c1. The molecule has 3 aliphatic rings. The maximum absolute atomic E-state index is 13.5. The number of aliphatic hydroxyl groups is 1. The number of carbonyl (C=O) groups excluding carboxylic acids is 2. The number of alkyl halides is 1. The van der Waals surface area contributed by atoms with Gasteiger partial charge in [-0.3, -0.25) is 14.5 Å². The van der Waals surface area contributed by atoms with Crippen molar-refractivity contribution in [3.05, 3.63) is 35.4 Å². The molecular weight excluding hydrogens is 409 g/mol. The fraction of sp³-hybridized carbons (Fsp3) is 0.680. The van der Waals surface area contributed by atoms with Crippen molar-refractivity contribution < 1.29 is 19.1 Å². The van der Waals surface area contributed by atoms with E-state index in [0.717, 1.165) is 45.1 Å². The summed E-state index contributed by atoms with van der Waals surface area (Å²) >= 11 is 0. The Morgan fingerprint density at radius 2 is 1.78 bits per heavy atom. The van der Waals surface area contributed by atoms with E-state index in [0.29, 0.717) is 55.4 Å². The molecule has 1 aliphatic carbocycles. The minimum Gasteiger partial charge on any atom is -0.387 e. The van der Waals surface area contributed by atoms with Crippen LogP contribution in [0.5, 0.6) is 0 Å². The van der Waals surface area contributed by atoms with E-state index in [2.05, 4.69) is 11.0 Å². The molecule has 0 aromatic heterocycles. The number of piperidine rings is 1. The van der Waals surface area contributed by atoms with Crippen LogP contribution < -0.4 is 5.73 Å². The lowest BCUT2D eigenvalue weighted by atomic mass is 9.84. The first-order valence-corrected chi connectivity index (χ1v) is 12.1. The predicted octanol–water partition coefficient (Wildman–Crippen LogP) is 2.85. The Kier molecular flexibility index (Phi) is 7.46. The van der Waals surface area contributed by atoms with Crippen molar-refractivity contribution >= 4 is 11.8 Å². The molecule has 7 heteroatoms. The Balaban J connectivity index is 1.35. The average molecular weight is 446 g/mol. The van der Waals surface area contributed by atoms with E-state index in [9.17, 15) is 19.1 Å². The van der Waals surface area contributed by atoms with Crippen LogP contribution in [0.3, 0.4) is 0 Å². The summed E-state index contributed by atoms with van der Waals surface area (Å²) in [4.78, 5) is 28.3. The summed E-state index contributed by atoms with van der Waals surface area (Å²) in [7, 11) is 0. The van der Waals surface area contributed by atoms with Gasteiger partial charge in [0.2, 0.25) is 11.8 Å². The number of primary amides is 1. The predicted molar refractivity (Wildman–Crippen MR) is 121 cm³/mol. The number of halogens is 1. The van der Waals surface area contributed by atoms with Gasteiger partial charge in [0.25, 0.3) is 0 Å². The van der Waals surface area contributed by atoms with Crippen molar-refractivity contribution in [3.8, 4) is 0 Å². The molecule has 3 atom stereocenters. The van der Waals surface area contributed by atoms with Crippen LogP contribution in [0.25, 0.3) is 0 Å². The first kappa shape index (κ1) is 23.2. The Labute approximate surface area is 189 Å². The second-order valence-electron chi connectivity index (χ2n) is 9.90. The van der Waals surface area contributed by atoms with Crippen molar-refractivity contribution in [1.82, 2.24) is 9.80 Å². The number of fused-ring (bicyclic) bond motifs is 2. The number of benzene rings is 1. The molecule has 2 saturated heterocycles. The van der Waals surface area contributed by atoms with Crippen molar-refractivity contribution in [1.29, 1.82) is 0 Å². The lowest BCUT2D eigenvalue weighted by Crippen LogP contribution is -2.48. The highest BCUT2D eigenvalue weighted by Gasteiger charge is 2.41. The van der Waals surface area contributed by atoms with Crippen LogP contribution in [0.15, 0.2) is 24.3 Å². The van der Waals surface area contributed by atoms with Gasteiger partial charge in [0, 0.05) is 37.3 Å². The Bertz CT molecular complexity index is 797. The summed E-state index contributed by atoms with van der Waals surface area (Å²) in [6.07, 6.45) is 6.51. The van der Waals surface area contributed by atoms with Crippen LogP contribution in [-0.2, 0) is 4.79 Å². The molecule has 2 heterocycles. The first-order valence-electron chi connectivity index (χ1n) is 12.1. The van der Waals surface area contributed by atoms with E-state index in [4.69, 9.17) is 5.73 Å². The van der Waals surface area contributed by atoms with Crippen LogP contribution in [-0.4, -0.2) is 71.2 Å². The molecule has 1 saturated carbocycles. The Hall–Kier alpha value is -1.99. The summed E-state index contributed by atoms with van der Waals surface area (Å²) < 4.78 is 13.5. The molecule has 6 nitrogen and oxygen atoms in total. The van der Waals surface area contributed by atoms with Gasteiger partial charge in [-0.2, -0.15) is 0 Å². The van der Waals surface area contributed by atoms with Gasteiger partial charge in [0.15, 0.2) is 0 Å². The molecule has 1 aromatic carbocycles. The third-order valence-electron chi connectivity index (χ3n) is 7.90. The van der Waals surface area contributed by atoms with Crippen molar-refractivity contribution in [2.45, 2.75) is 75.5 Å². The van der Waals surface area contributed by atoms with E-state index in [1.165, 1.54) is 5.56 Å². The van der Waals surface area contributed by atoms with E-state index in [1.54, 1.807) is 11.0 Å². The fourth-order valence-electron chi connectivity index (χ4n) is 6.13. The third-order valence-corrected chi connectivity index (χ3v) is 7.90. The van der Waals surface area contributed by atoms with E-state index < -0.39 is 12.8 Å². The zero-order valence-corrected chi connectivity index (χ0v) is 18.8. The van der Waals surface area contributed by atoms with E-state index >= 15 is 0 Å². The minimum absolute atomic E-state index is 0.224. The number of hydrogen-bond acceptors (Lipinski definition) is 4. The van der Waals surface area contributed by atoms with Crippen LogP contribution >= 0.6 is 0 Å². The normalized spacial score (nSPS) is 30.2. The van der Waals surface area contributed by atoms with Gasteiger partial charge in [-0.05, 0) is 80.9 Å². The molecule has 176 valence electrons. The van der Waals surface area contributed by atoms with Crippen LogP contribution in [0.2, 0.25) is 0 Å². The number of amides is 2. The Morgan fingerprint density at radius 1 is 1.09 bits per heavy atom. The molecular formula is C25H36FN3O3. The maximum atomic E-state index is 13.5. The van der Waals surface area contributed by atoms with Crippen molar-refractivity contribution in [2.75, 3.05) is 26.2 Å². The number of nitrogens with two attached hydrogens (primary N) is 1. The van der Waals surface area contributed by atoms with E-state index in [-0.39, 0.29) is 11.8 Å². The largest absolute Gasteiger partial charge is 0.387 e. The van der Waals surface area contributed by atoms with Gasteiger partial charge in [-0.25, -0.2) is 4.39 Å². The molecule has 1 aromatic rings. The van der Waals surface area contributed by atoms with E-state index in [1.807, 2.05) is 12.1 Å². The lowest BCUT2D eigenvalue weighted by molar-refractivity contribution is -0.135. The summed E-state index contributed by atoms with van der Waals surface area (Å²) in [5, 5.41) is 9.45. The standard InChI is InChI=1S/C25H36FN3O3/c26-21-6-4-17(5-7-21)15-28(24(31)16-30)10-11-29-22-8-9-23(29)14-20(13-22)18-2-1-3-19(12-18)25(27)32/h1-3,12,17,20-23,30H,4-11,13-16H2,(H2,27,32)/t17?,20-,21?,22+,23-. The molecule has 4 rings (SSSR count). The lowest BCUT2D eigenvalue weighted by Gasteiger charge is -2.40. The summed E-state index contributed by atoms with van der Waals surface area (Å²) in [5.41, 5.74) is 7.22. The van der Waals surface area contributed by atoms with Gasteiger partial charge >= 0.3 is 0 Å². The van der Waals surface area contributed by atoms with Crippen LogP contribution in [0, 0.1) is 5.92 Å². The summed E-state index contributed by atoms with van der Waals surface area (Å²) in [6.45, 7) is 1.58. The van der Waals surface area contributed by atoms with Crippen molar-refractivity contribution in [2.24, 2.45) is 11.7 Å². The molecule has 2 aliphatic heterocycles.